The number of ether oxygens (including phenoxy) is 2. The molecule has 0 radical (unpaired) electrons. The molecule has 0 saturated heterocycles. The first kappa shape index (κ1) is 15.2. The molecule has 0 heterocycles. The van der Waals surface area contributed by atoms with Gasteiger partial charge in [0.2, 0.25) is 0 Å². The van der Waals surface area contributed by atoms with Crippen molar-refractivity contribution in [3.05, 3.63) is 54.1 Å². The third-order valence-electron chi connectivity index (χ3n) is 3.34. The molecule has 0 spiro atoms. The zero-order valence-corrected chi connectivity index (χ0v) is 12.8. The van der Waals surface area contributed by atoms with Crippen LogP contribution in [-0.2, 0) is 6.42 Å². The second-order valence-corrected chi connectivity index (χ2v) is 4.85. The molecule has 2 aromatic rings. The minimum Gasteiger partial charge on any atom is -0.497 e. The van der Waals surface area contributed by atoms with Crippen molar-refractivity contribution in [1.82, 2.24) is 0 Å². The van der Waals surface area contributed by atoms with E-state index in [2.05, 4.69) is 24.4 Å². The molecule has 0 aliphatic rings. The molecule has 0 bridgehead atoms. The van der Waals surface area contributed by atoms with E-state index in [1.807, 2.05) is 36.4 Å². The van der Waals surface area contributed by atoms with Crippen LogP contribution in [-0.4, -0.2) is 20.3 Å². The summed E-state index contributed by atoms with van der Waals surface area (Å²) in [7, 11) is 1.67. The minimum atomic E-state index is 0.717. The number of aryl methyl sites for hydroxylation is 1. The van der Waals surface area contributed by atoms with Crippen LogP contribution in [0.2, 0.25) is 0 Å². The first-order valence-electron chi connectivity index (χ1n) is 7.41. The molecule has 0 amide bonds. The Kier molecular flexibility index (Phi) is 5.95. The quantitative estimate of drug-likeness (QED) is 0.739. The molecule has 21 heavy (non-hydrogen) atoms. The van der Waals surface area contributed by atoms with Gasteiger partial charge in [-0.05, 0) is 54.8 Å². The van der Waals surface area contributed by atoms with Gasteiger partial charge in [0.15, 0.2) is 0 Å². The predicted molar refractivity (Wildman–Crippen MR) is 87.4 cm³/mol. The Hall–Kier alpha value is -2.16. The van der Waals surface area contributed by atoms with Gasteiger partial charge in [-0.25, -0.2) is 0 Å². The molecule has 3 heteroatoms. The van der Waals surface area contributed by atoms with E-state index in [0.717, 1.165) is 36.6 Å². The van der Waals surface area contributed by atoms with Crippen LogP contribution < -0.4 is 14.8 Å². The fraction of sp³-hybridized carbons (Fsp3) is 0.333. The molecule has 112 valence electrons. The highest BCUT2D eigenvalue weighted by Crippen LogP contribution is 2.15. The summed E-state index contributed by atoms with van der Waals surface area (Å²) in [5.74, 6) is 1.82. The number of hydrogen-bond acceptors (Lipinski definition) is 3. The van der Waals surface area contributed by atoms with Gasteiger partial charge in [0.1, 0.15) is 11.5 Å². The van der Waals surface area contributed by atoms with Crippen molar-refractivity contribution in [3.63, 3.8) is 0 Å². The molecule has 2 aromatic carbocycles. The normalized spacial score (nSPS) is 10.2. The maximum Gasteiger partial charge on any atom is 0.119 e. The van der Waals surface area contributed by atoms with Gasteiger partial charge < -0.3 is 14.8 Å². The number of methoxy groups -OCH3 is 1. The standard InChI is InChI=1S/C18H23NO2/c1-3-15-5-9-18(10-6-15)21-14-4-13-19-16-7-11-17(20-2)12-8-16/h5-12,19H,3-4,13-14H2,1-2H3. The van der Waals surface area contributed by atoms with Crippen LogP contribution in [0.1, 0.15) is 18.9 Å². The fourth-order valence-corrected chi connectivity index (χ4v) is 2.03. The SMILES string of the molecule is CCc1ccc(OCCCNc2ccc(OC)cc2)cc1. The molecule has 0 aromatic heterocycles. The summed E-state index contributed by atoms with van der Waals surface area (Å²) in [5, 5.41) is 3.36. The molecule has 1 N–H and O–H groups in total. The van der Waals surface area contributed by atoms with E-state index in [-0.39, 0.29) is 0 Å². The van der Waals surface area contributed by atoms with Crippen molar-refractivity contribution in [2.45, 2.75) is 19.8 Å². The summed E-state index contributed by atoms with van der Waals surface area (Å²) in [5.41, 5.74) is 2.44. The number of rotatable bonds is 8. The summed E-state index contributed by atoms with van der Waals surface area (Å²) in [6.45, 7) is 3.76. The van der Waals surface area contributed by atoms with E-state index in [1.165, 1.54) is 5.56 Å². The molecule has 0 atom stereocenters. The molecule has 3 nitrogen and oxygen atoms in total. The van der Waals surface area contributed by atoms with Crippen molar-refractivity contribution < 1.29 is 9.47 Å². The Morgan fingerprint density at radius 1 is 0.905 bits per heavy atom. The Morgan fingerprint density at radius 2 is 1.57 bits per heavy atom. The maximum atomic E-state index is 5.72. The highest BCUT2D eigenvalue weighted by Gasteiger charge is 1.96. The average molecular weight is 285 g/mol. The van der Waals surface area contributed by atoms with E-state index in [0.29, 0.717) is 6.61 Å². The predicted octanol–water partition coefficient (Wildman–Crippen LogP) is 4.14. The third kappa shape index (κ3) is 5.03. The molecule has 0 aliphatic carbocycles. The van der Waals surface area contributed by atoms with Crippen LogP contribution in [0.25, 0.3) is 0 Å². The zero-order chi connectivity index (χ0) is 14.9. The lowest BCUT2D eigenvalue weighted by atomic mass is 10.2. The molecule has 0 saturated carbocycles. The van der Waals surface area contributed by atoms with Crippen LogP contribution in [0.3, 0.4) is 0 Å². The second kappa shape index (κ2) is 8.20. The summed E-state index contributed by atoms with van der Waals surface area (Å²) in [6.07, 6.45) is 2.02. The lowest BCUT2D eigenvalue weighted by Crippen LogP contribution is -2.07. The molecule has 0 fully saturated rings. The molecule has 0 unspecified atom stereocenters. The maximum absolute atomic E-state index is 5.72. The van der Waals surface area contributed by atoms with E-state index < -0.39 is 0 Å². The van der Waals surface area contributed by atoms with Crippen LogP contribution in [0.4, 0.5) is 5.69 Å². The first-order chi connectivity index (χ1) is 10.3. The summed E-state index contributed by atoms with van der Waals surface area (Å²) in [6, 6.07) is 16.2. The number of hydrogen-bond donors (Lipinski definition) is 1. The lowest BCUT2D eigenvalue weighted by Gasteiger charge is -2.09. The Labute approximate surface area is 126 Å². The van der Waals surface area contributed by atoms with Crippen molar-refractivity contribution in [1.29, 1.82) is 0 Å². The van der Waals surface area contributed by atoms with E-state index in [1.54, 1.807) is 7.11 Å². The van der Waals surface area contributed by atoms with Crippen molar-refractivity contribution in [2.75, 3.05) is 25.6 Å². The summed E-state index contributed by atoms with van der Waals surface area (Å²) in [4.78, 5) is 0. The largest absolute Gasteiger partial charge is 0.497 e. The van der Waals surface area contributed by atoms with Gasteiger partial charge in [0.05, 0.1) is 13.7 Å². The van der Waals surface area contributed by atoms with E-state index in [9.17, 15) is 0 Å². The molecule has 0 aliphatic heterocycles. The summed E-state index contributed by atoms with van der Waals surface area (Å²) < 4.78 is 10.8. The van der Waals surface area contributed by atoms with Gasteiger partial charge in [-0.15, -0.1) is 0 Å². The van der Waals surface area contributed by atoms with Crippen molar-refractivity contribution in [3.8, 4) is 11.5 Å². The molecule has 2 rings (SSSR count). The van der Waals surface area contributed by atoms with Crippen LogP contribution in [0.15, 0.2) is 48.5 Å². The van der Waals surface area contributed by atoms with Gasteiger partial charge >= 0.3 is 0 Å². The fourth-order valence-electron chi connectivity index (χ4n) is 2.03. The van der Waals surface area contributed by atoms with Crippen molar-refractivity contribution >= 4 is 5.69 Å². The average Bonchev–Trinajstić information content (AvgIpc) is 2.55. The Morgan fingerprint density at radius 3 is 2.19 bits per heavy atom. The lowest BCUT2D eigenvalue weighted by molar-refractivity contribution is 0.315. The van der Waals surface area contributed by atoms with Gasteiger partial charge in [-0.3, -0.25) is 0 Å². The highest BCUT2D eigenvalue weighted by atomic mass is 16.5. The minimum absolute atomic E-state index is 0.717. The third-order valence-corrected chi connectivity index (χ3v) is 3.34. The van der Waals surface area contributed by atoms with Gasteiger partial charge in [-0.1, -0.05) is 19.1 Å². The first-order valence-corrected chi connectivity index (χ1v) is 7.41. The van der Waals surface area contributed by atoms with E-state index >= 15 is 0 Å². The number of benzene rings is 2. The molecular weight excluding hydrogens is 262 g/mol. The summed E-state index contributed by atoms with van der Waals surface area (Å²) >= 11 is 0. The van der Waals surface area contributed by atoms with Crippen LogP contribution in [0.5, 0.6) is 11.5 Å². The van der Waals surface area contributed by atoms with Crippen LogP contribution in [0, 0.1) is 0 Å². The second-order valence-electron chi connectivity index (χ2n) is 4.85. The Bertz CT molecular complexity index is 470. The smallest absolute Gasteiger partial charge is 0.119 e. The topological polar surface area (TPSA) is 30.5 Å². The monoisotopic (exact) mass is 285 g/mol. The number of nitrogens with one attached hydrogen (secondary N) is 1. The van der Waals surface area contributed by atoms with Gasteiger partial charge in [-0.2, -0.15) is 0 Å². The van der Waals surface area contributed by atoms with E-state index in [4.69, 9.17) is 9.47 Å². The highest BCUT2D eigenvalue weighted by molar-refractivity contribution is 5.46. The zero-order valence-electron chi connectivity index (χ0n) is 12.8. The molecular formula is C18H23NO2. The van der Waals surface area contributed by atoms with Gasteiger partial charge in [0, 0.05) is 12.2 Å². The van der Waals surface area contributed by atoms with Crippen molar-refractivity contribution in [2.24, 2.45) is 0 Å². The van der Waals surface area contributed by atoms with Crippen LogP contribution >= 0.6 is 0 Å². The number of anilines is 1. The van der Waals surface area contributed by atoms with Gasteiger partial charge in [0.25, 0.3) is 0 Å². The Balaban J connectivity index is 1.64.